The van der Waals surface area contributed by atoms with Gasteiger partial charge in [-0.2, -0.15) is 0 Å². The minimum atomic E-state index is -1.02. The van der Waals surface area contributed by atoms with Gasteiger partial charge in [-0.05, 0) is 46.7 Å². The quantitative estimate of drug-likeness (QED) is 0.834. The first kappa shape index (κ1) is 15.8. The Morgan fingerprint density at radius 3 is 2.47 bits per heavy atom. The van der Waals surface area contributed by atoms with Crippen LogP contribution < -0.4 is 0 Å². The highest BCUT2D eigenvalue weighted by molar-refractivity contribution is 5.76. The van der Waals surface area contributed by atoms with Gasteiger partial charge in [0.1, 0.15) is 12.1 Å². The van der Waals surface area contributed by atoms with Gasteiger partial charge in [-0.25, -0.2) is 4.79 Å². The zero-order valence-corrected chi connectivity index (χ0v) is 12.2. The zero-order chi connectivity index (χ0) is 14.6. The van der Waals surface area contributed by atoms with E-state index in [1.165, 1.54) is 4.90 Å². The predicted molar refractivity (Wildman–Crippen MR) is 71.0 cm³/mol. The summed E-state index contributed by atoms with van der Waals surface area (Å²) in [6.45, 7) is 7.31. The average Bonchev–Trinajstić information content (AvgIpc) is 2.59. The topological polar surface area (TPSA) is 70.1 Å². The summed E-state index contributed by atoms with van der Waals surface area (Å²) in [4.78, 5) is 26.3. The molecule has 0 radical (unpaired) electrons. The minimum Gasteiger partial charge on any atom is -0.480 e. The third kappa shape index (κ3) is 5.92. The molecule has 0 spiro atoms. The van der Waals surface area contributed by atoms with E-state index in [9.17, 15) is 9.59 Å². The summed E-state index contributed by atoms with van der Waals surface area (Å²) < 4.78 is 5.25. The van der Waals surface area contributed by atoms with E-state index in [4.69, 9.17) is 9.84 Å². The number of carboxylic acid groups (broad SMARTS) is 1. The Morgan fingerprint density at radius 2 is 2.05 bits per heavy atom. The average molecular weight is 272 g/mol. The lowest BCUT2D eigenvalue weighted by Crippen LogP contribution is -2.42. The Balaban J connectivity index is 2.60. The van der Waals surface area contributed by atoms with Crippen molar-refractivity contribution >= 4 is 12.1 Å². The molecule has 1 fully saturated rings. The van der Waals surface area contributed by atoms with Gasteiger partial charge in [0, 0.05) is 13.1 Å². The molecule has 1 rings (SSSR count). The molecule has 1 saturated heterocycles. The summed E-state index contributed by atoms with van der Waals surface area (Å²) in [6, 6.07) is 0. The number of rotatable bonds is 4. The van der Waals surface area contributed by atoms with Crippen LogP contribution in [0.15, 0.2) is 0 Å². The summed E-state index contributed by atoms with van der Waals surface area (Å²) >= 11 is 0. The van der Waals surface area contributed by atoms with Crippen LogP contribution in [0.1, 0.15) is 27.2 Å². The second kappa shape index (κ2) is 6.23. The number of amides is 1. The zero-order valence-electron chi connectivity index (χ0n) is 12.2. The third-order valence-corrected chi connectivity index (χ3v) is 2.95. The summed E-state index contributed by atoms with van der Waals surface area (Å²) in [6.07, 6.45) is 0.430. The maximum Gasteiger partial charge on any atom is 0.410 e. The lowest BCUT2D eigenvalue weighted by molar-refractivity contribution is -0.138. The summed E-state index contributed by atoms with van der Waals surface area (Å²) in [5.41, 5.74) is -0.611. The maximum atomic E-state index is 12.0. The molecule has 1 N–H and O–H groups in total. The van der Waals surface area contributed by atoms with Gasteiger partial charge < -0.3 is 14.7 Å². The highest BCUT2D eigenvalue weighted by atomic mass is 16.6. The van der Waals surface area contributed by atoms with E-state index >= 15 is 0 Å². The number of hydrogen-bond acceptors (Lipinski definition) is 4. The molecule has 1 unspecified atom stereocenters. The van der Waals surface area contributed by atoms with Gasteiger partial charge >= 0.3 is 12.1 Å². The molecule has 0 bridgehead atoms. The molecule has 0 aliphatic carbocycles. The molecule has 1 heterocycles. The highest BCUT2D eigenvalue weighted by Crippen LogP contribution is 2.17. The van der Waals surface area contributed by atoms with E-state index in [2.05, 4.69) is 4.90 Å². The fourth-order valence-corrected chi connectivity index (χ4v) is 2.18. The van der Waals surface area contributed by atoms with E-state index in [0.717, 1.165) is 19.5 Å². The van der Waals surface area contributed by atoms with E-state index in [1.807, 2.05) is 7.05 Å². The van der Waals surface area contributed by atoms with Gasteiger partial charge in [-0.15, -0.1) is 0 Å². The SMILES string of the molecule is CN1CCC(CN(CC(=O)O)C(=O)OC(C)(C)C)C1. The molecule has 0 aromatic heterocycles. The molecule has 110 valence electrons. The fraction of sp³-hybridized carbons (Fsp3) is 0.846. The van der Waals surface area contributed by atoms with Crippen molar-refractivity contribution in [1.82, 2.24) is 9.80 Å². The van der Waals surface area contributed by atoms with Crippen molar-refractivity contribution in [2.75, 3.05) is 33.2 Å². The minimum absolute atomic E-state index is 0.310. The maximum absolute atomic E-state index is 12.0. The van der Waals surface area contributed by atoms with Crippen LogP contribution in [-0.2, 0) is 9.53 Å². The number of ether oxygens (including phenoxy) is 1. The van der Waals surface area contributed by atoms with Crippen LogP contribution in [0.25, 0.3) is 0 Å². The standard InChI is InChI=1S/C13H24N2O4/c1-13(2,3)19-12(18)15(9-11(16)17)8-10-5-6-14(4)7-10/h10H,5-9H2,1-4H3,(H,16,17). The van der Waals surface area contributed by atoms with Crippen molar-refractivity contribution in [2.24, 2.45) is 5.92 Å². The fourth-order valence-electron chi connectivity index (χ4n) is 2.18. The second-order valence-corrected chi connectivity index (χ2v) is 6.17. The van der Waals surface area contributed by atoms with Crippen molar-refractivity contribution in [2.45, 2.75) is 32.8 Å². The van der Waals surface area contributed by atoms with E-state index in [0.29, 0.717) is 12.5 Å². The third-order valence-electron chi connectivity index (χ3n) is 2.95. The van der Waals surface area contributed by atoms with Crippen molar-refractivity contribution < 1.29 is 19.4 Å². The van der Waals surface area contributed by atoms with Crippen LogP contribution >= 0.6 is 0 Å². The van der Waals surface area contributed by atoms with Crippen LogP contribution in [0.4, 0.5) is 4.79 Å². The number of likely N-dealkylation sites (tertiary alicyclic amines) is 1. The Kier molecular flexibility index (Phi) is 5.17. The van der Waals surface area contributed by atoms with Crippen molar-refractivity contribution in [3.63, 3.8) is 0 Å². The van der Waals surface area contributed by atoms with Crippen LogP contribution in [0, 0.1) is 5.92 Å². The Morgan fingerprint density at radius 1 is 1.42 bits per heavy atom. The smallest absolute Gasteiger partial charge is 0.410 e. The largest absolute Gasteiger partial charge is 0.480 e. The number of carboxylic acids is 1. The molecule has 1 aliphatic heterocycles. The predicted octanol–water partition coefficient (Wildman–Crippen LogP) is 1.26. The number of carbonyl (C=O) groups excluding carboxylic acids is 1. The molecule has 1 aliphatic rings. The Labute approximate surface area is 114 Å². The lowest BCUT2D eigenvalue weighted by Gasteiger charge is -2.28. The number of hydrogen-bond donors (Lipinski definition) is 1. The van der Waals surface area contributed by atoms with Crippen molar-refractivity contribution in [1.29, 1.82) is 0 Å². The van der Waals surface area contributed by atoms with Crippen LogP contribution in [0.5, 0.6) is 0 Å². The highest BCUT2D eigenvalue weighted by Gasteiger charge is 2.28. The normalized spacial score (nSPS) is 20.3. The molecule has 0 aromatic carbocycles. The number of aliphatic carboxylic acids is 1. The number of nitrogens with zero attached hydrogens (tertiary/aromatic N) is 2. The summed E-state index contributed by atoms with van der Waals surface area (Å²) in [5.74, 6) is -0.700. The Hall–Kier alpha value is -1.30. The molecule has 1 atom stereocenters. The van der Waals surface area contributed by atoms with Gasteiger partial charge in [0.15, 0.2) is 0 Å². The van der Waals surface area contributed by atoms with Crippen molar-refractivity contribution in [3.05, 3.63) is 0 Å². The summed E-state index contributed by atoms with van der Waals surface area (Å²) in [5, 5.41) is 8.90. The lowest BCUT2D eigenvalue weighted by atomic mass is 10.1. The molecule has 19 heavy (non-hydrogen) atoms. The van der Waals surface area contributed by atoms with Gasteiger partial charge in [-0.1, -0.05) is 0 Å². The van der Waals surface area contributed by atoms with E-state index in [-0.39, 0.29) is 6.54 Å². The molecule has 0 aromatic rings. The van der Waals surface area contributed by atoms with Crippen LogP contribution in [-0.4, -0.2) is 65.8 Å². The first-order valence-corrected chi connectivity index (χ1v) is 6.55. The van der Waals surface area contributed by atoms with Gasteiger partial charge in [0.05, 0.1) is 0 Å². The van der Waals surface area contributed by atoms with Gasteiger partial charge in [0.25, 0.3) is 0 Å². The molecule has 6 heteroatoms. The van der Waals surface area contributed by atoms with Gasteiger partial charge in [0.2, 0.25) is 0 Å². The molecule has 0 saturated carbocycles. The van der Waals surface area contributed by atoms with Gasteiger partial charge in [-0.3, -0.25) is 9.69 Å². The first-order valence-electron chi connectivity index (χ1n) is 6.55. The molecule has 1 amide bonds. The summed E-state index contributed by atoms with van der Waals surface area (Å²) in [7, 11) is 2.02. The number of carbonyl (C=O) groups is 2. The second-order valence-electron chi connectivity index (χ2n) is 6.17. The molecule has 6 nitrogen and oxygen atoms in total. The molecular formula is C13H24N2O4. The van der Waals surface area contributed by atoms with Crippen LogP contribution in [0.3, 0.4) is 0 Å². The monoisotopic (exact) mass is 272 g/mol. The van der Waals surface area contributed by atoms with E-state index in [1.54, 1.807) is 20.8 Å². The Bertz CT molecular complexity index is 338. The van der Waals surface area contributed by atoms with Crippen LogP contribution in [0.2, 0.25) is 0 Å². The van der Waals surface area contributed by atoms with Crippen molar-refractivity contribution in [3.8, 4) is 0 Å². The molecular weight excluding hydrogens is 248 g/mol. The first-order chi connectivity index (χ1) is 8.67. The van der Waals surface area contributed by atoms with E-state index < -0.39 is 17.7 Å².